The number of pyridine rings is 1. The zero-order chi connectivity index (χ0) is 19.7. The number of amides is 1. The van der Waals surface area contributed by atoms with Crippen molar-refractivity contribution in [3.63, 3.8) is 0 Å². The van der Waals surface area contributed by atoms with Crippen LogP contribution in [0.1, 0.15) is 29.4 Å². The number of rotatable bonds is 5. The van der Waals surface area contributed by atoms with Gasteiger partial charge in [0.25, 0.3) is 5.91 Å². The molecule has 3 heterocycles. The van der Waals surface area contributed by atoms with Crippen molar-refractivity contribution in [3.05, 3.63) is 66.1 Å². The number of carbonyl (C=O) groups is 2. The van der Waals surface area contributed by atoms with Crippen LogP contribution in [0, 0.1) is 5.41 Å². The van der Waals surface area contributed by atoms with Gasteiger partial charge in [-0.25, -0.2) is 4.98 Å². The van der Waals surface area contributed by atoms with Crippen LogP contribution >= 0.6 is 11.8 Å². The third-order valence-corrected chi connectivity index (χ3v) is 6.22. The topological polar surface area (TPSA) is 74.9 Å². The van der Waals surface area contributed by atoms with Gasteiger partial charge in [-0.05, 0) is 49.7 Å². The van der Waals surface area contributed by atoms with Gasteiger partial charge in [0.05, 0.1) is 11.1 Å². The Kier molecular flexibility index (Phi) is 4.85. The predicted molar refractivity (Wildman–Crippen MR) is 107 cm³/mol. The Morgan fingerprint density at radius 3 is 2.68 bits per heavy atom. The summed E-state index contributed by atoms with van der Waals surface area (Å²) in [4.78, 5) is 31.3. The van der Waals surface area contributed by atoms with Gasteiger partial charge in [0.2, 0.25) is 0 Å². The molecule has 4 rings (SSSR count). The molecular weight excluding hydrogens is 374 g/mol. The van der Waals surface area contributed by atoms with Crippen LogP contribution in [0.3, 0.4) is 0 Å². The van der Waals surface area contributed by atoms with Crippen LogP contribution < -0.4 is 0 Å². The molecule has 1 atom stereocenters. The molecule has 0 bridgehead atoms. The number of hydrogen-bond acceptors (Lipinski definition) is 4. The molecule has 0 saturated carbocycles. The van der Waals surface area contributed by atoms with Crippen LogP contribution in [-0.2, 0) is 10.5 Å². The normalized spacial score (nSPS) is 19.2. The monoisotopic (exact) mass is 395 g/mol. The van der Waals surface area contributed by atoms with E-state index < -0.39 is 11.4 Å². The van der Waals surface area contributed by atoms with Crippen LogP contribution in [0.4, 0.5) is 0 Å². The number of fused-ring (bicyclic) bond motifs is 1. The molecule has 28 heavy (non-hydrogen) atoms. The molecule has 6 nitrogen and oxygen atoms in total. The van der Waals surface area contributed by atoms with Gasteiger partial charge in [0.1, 0.15) is 5.65 Å². The third kappa shape index (κ3) is 3.62. The molecule has 1 aliphatic heterocycles. The fourth-order valence-corrected chi connectivity index (χ4v) is 4.18. The van der Waals surface area contributed by atoms with E-state index in [0.29, 0.717) is 18.5 Å². The molecule has 1 amide bonds. The molecule has 3 aromatic rings. The number of carboxylic acid groups (broad SMARTS) is 1. The zero-order valence-electron chi connectivity index (χ0n) is 15.5. The molecule has 1 unspecified atom stereocenters. The van der Waals surface area contributed by atoms with Gasteiger partial charge in [0.15, 0.2) is 0 Å². The number of aromatic nitrogens is 2. The van der Waals surface area contributed by atoms with Gasteiger partial charge < -0.3 is 14.4 Å². The number of aliphatic carboxylic acids is 1. The van der Waals surface area contributed by atoms with Crippen LogP contribution in [0.2, 0.25) is 0 Å². The first-order valence-electron chi connectivity index (χ1n) is 9.13. The van der Waals surface area contributed by atoms with E-state index >= 15 is 0 Å². The van der Waals surface area contributed by atoms with Crippen LogP contribution in [-0.4, -0.2) is 44.4 Å². The summed E-state index contributed by atoms with van der Waals surface area (Å²) in [7, 11) is 0. The van der Waals surface area contributed by atoms with E-state index in [4.69, 9.17) is 0 Å². The smallest absolute Gasteiger partial charge is 0.311 e. The number of imidazole rings is 1. The molecule has 7 heteroatoms. The first-order chi connectivity index (χ1) is 13.4. The van der Waals surface area contributed by atoms with E-state index in [0.717, 1.165) is 22.0 Å². The number of carbonyl (C=O) groups excluding carboxylic acids is 1. The number of nitrogens with zero attached hydrogens (tertiary/aromatic N) is 3. The lowest BCUT2D eigenvalue weighted by Crippen LogP contribution is -2.34. The van der Waals surface area contributed by atoms with Crippen molar-refractivity contribution in [1.82, 2.24) is 14.3 Å². The summed E-state index contributed by atoms with van der Waals surface area (Å²) in [6, 6.07) is 13.4. The molecule has 0 radical (unpaired) electrons. The maximum Gasteiger partial charge on any atom is 0.311 e. The molecule has 1 saturated heterocycles. The summed E-state index contributed by atoms with van der Waals surface area (Å²) in [5.74, 6) is -0.207. The van der Waals surface area contributed by atoms with E-state index in [1.165, 1.54) is 0 Å². The second-order valence-electron chi connectivity index (χ2n) is 7.35. The van der Waals surface area contributed by atoms with Gasteiger partial charge in [-0.3, -0.25) is 9.59 Å². The zero-order valence-corrected chi connectivity index (χ0v) is 16.4. The Morgan fingerprint density at radius 1 is 1.21 bits per heavy atom. The van der Waals surface area contributed by atoms with Crippen LogP contribution in [0.15, 0.2) is 59.8 Å². The number of likely N-dealkylation sites (tertiary alicyclic amines) is 1. The fraction of sp³-hybridized carbons (Fsp3) is 0.286. The van der Waals surface area contributed by atoms with Gasteiger partial charge in [-0.2, -0.15) is 0 Å². The Hall–Kier alpha value is -2.80. The lowest BCUT2D eigenvalue weighted by atomic mass is 9.90. The third-order valence-electron chi connectivity index (χ3n) is 5.18. The Bertz CT molecular complexity index is 998. The molecule has 1 aliphatic rings. The van der Waals surface area contributed by atoms with E-state index in [1.807, 2.05) is 59.3 Å². The van der Waals surface area contributed by atoms with Gasteiger partial charge >= 0.3 is 5.97 Å². The lowest BCUT2D eigenvalue weighted by Gasteiger charge is -2.20. The number of hydrogen-bond donors (Lipinski definition) is 1. The Labute approximate surface area is 167 Å². The minimum Gasteiger partial charge on any atom is -0.481 e. The summed E-state index contributed by atoms with van der Waals surface area (Å²) >= 11 is 1.67. The molecule has 0 spiro atoms. The Balaban J connectivity index is 1.38. The average Bonchev–Trinajstić information content (AvgIpc) is 3.30. The largest absolute Gasteiger partial charge is 0.481 e. The van der Waals surface area contributed by atoms with Gasteiger partial charge in [0, 0.05) is 41.7 Å². The predicted octanol–water partition coefficient (Wildman–Crippen LogP) is 3.56. The highest BCUT2D eigenvalue weighted by Gasteiger charge is 2.42. The highest BCUT2D eigenvalue weighted by molar-refractivity contribution is 7.98. The minimum atomic E-state index is -0.848. The SMILES string of the molecule is CC1(C(=O)O)CCN(C(=O)c2ccc(SCc3cn4ccccc4n3)cc2)C1. The van der Waals surface area contributed by atoms with E-state index in [-0.39, 0.29) is 12.5 Å². The second-order valence-corrected chi connectivity index (χ2v) is 8.40. The van der Waals surface area contributed by atoms with Crippen molar-refractivity contribution in [1.29, 1.82) is 0 Å². The van der Waals surface area contributed by atoms with E-state index in [1.54, 1.807) is 23.6 Å². The quantitative estimate of drug-likeness (QED) is 0.669. The maximum atomic E-state index is 12.7. The van der Waals surface area contributed by atoms with Crippen molar-refractivity contribution in [2.24, 2.45) is 5.41 Å². The fourth-order valence-electron chi connectivity index (χ4n) is 3.40. The highest BCUT2D eigenvalue weighted by Crippen LogP contribution is 2.31. The summed E-state index contributed by atoms with van der Waals surface area (Å²) in [5.41, 5.74) is 1.67. The lowest BCUT2D eigenvalue weighted by molar-refractivity contribution is -0.147. The summed E-state index contributed by atoms with van der Waals surface area (Å²) in [6.07, 6.45) is 4.48. The molecule has 1 aromatic carbocycles. The van der Waals surface area contributed by atoms with Crippen molar-refractivity contribution in [2.75, 3.05) is 13.1 Å². The number of benzene rings is 1. The molecule has 2 aromatic heterocycles. The summed E-state index contributed by atoms with van der Waals surface area (Å²) in [6.45, 7) is 2.43. The summed E-state index contributed by atoms with van der Waals surface area (Å²) < 4.78 is 2.00. The molecular formula is C21H21N3O3S. The highest BCUT2D eigenvalue weighted by atomic mass is 32.2. The second kappa shape index (κ2) is 7.31. The molecule has 1 fully saturated rings. The van der Waals surface area contributed by atoms with Crippen LogP contribution in [0.25, 0.3) is 5.65 Å². The molecule has 144 valence electrons. The van der Waals surface area contributed by atoms with Gasteiger partial charge in [-0.15, -0.1) is 11.8 Å². The maximum absolute atomic E-state index is 12.7. The van der Waals surface area contributed by atoms with E-state index in [2.05, 4.69) is 4.98 Å². The van der Waals surface area contributed by atoms with Crippen LogP contribution in [0.5, 0.6) is 0 Å². The van der Waals surface area contributed by atoms with Crippen molar-refractivity contribution in [3.8, 4) is 0 Å². The van der Waals surface area contributed by atoms with Gasteiger partial charge in [-0.1, -0.05) is 6.07 Å². The van der Waals surface area contributed by atoms with E-state index in [9.17, 15) is 14.7 Å². The molecule has 1 N–H and O–H groups in total. The van der Waals surface area contributed by atoms with Crippen molar-refractivity contribution >= 4 is 29.3 Å². The minimum absolute atomic E-state index is 0.109. The standard InChI is InChI=1S/C21H21N3O3S/c1-21(20(26)27)9-11-24(14-21)19(25)15-5-7-17(8-6-15)28-13-16-12-23-10-3-2-4-18(23)22-16/h2-8,10,12H,9,11,13-14H2,1H3,(H,26,27). The number of carboxylic acids is 1. The molecule has 0 aliphatic carbocycles. The first kappa shape index (κ1) is 18.6. The Morgan fingerprint density at radius 2 is 2.00 bits per heavy atom. The average molecular weight is 395 g/mol. The van der Waals surface area contributed by atoms with Crippen molar-refractivity contribution < 1.29 is 14.7 Å². The first-order valence-corrected chi connectivity index (χ1v) is 10.1. The number of thioether (sulfide) groups is 1. The summed E-state index contributed by atoms with van der Waals surface area (Å²) in [5, 5.41) is 9.33. The van der Waals surface area contributed by atoms with Crippen molar-refractivity contribution in [2.45, 2.75) is 24.0 Å².